The molecule has 3 aromatic rings. The van der Waals surface area contributed by atoms with Crippen molar-refractivity contribution in [2.24, 2.45) is 22.2 Å². The summed E-state index contributed by atoms with van der Waals surface area (Å²) in [6, 6.07) is 23.6. The Morgan fingerprint density at radius 1 is 0.607 bits per heavy atom. The molecular weight excluding hydrogens is 787 g/mol. The van der Waals surface area contributed by atoms with Crippen molar-refractivity contribution < 1.29 is 38.2 Å². The number of ether oxygens (including phenoxy) is 2. The Bertz CT molecular complexity index is 1790. The molecule has 0 heterocycles. The van der Waals surface area contributed by atoms with Gasteiger partial charge >= 0.3 is 12.1 Å². The van der Waals surface area contributed by atoms with Gasteiger partial charge in [0, 0.05) is 58.7 Å². The summed E-state index contributed by atoms with van der Waals surface area (Å²) in [4.78, 5) is 79.2. The van der Waals surface area contributed by atoms with Gasteiger partial charge in [-0.25, -0.2) is 9.59 Å². The Kier molecular flexibility index (Phi) is 23.0. The Labute approximate surface area is 355 Å². The third-order valence-corrected chi connectivity index (χ3v) is 8.81. The van der Waals surface area contributed by atoms with Gasteiger partial charge in [0.1, 0.15) is 6.04 Å². The predicted molar refractivity (Wildman–Crippen MR) is 230 cm³/mol. The van der Waals surface area contributed by atoms with Crippen LogP contribution in [0.3, 0.4) is 0 Å². The quantitative estimate of drug-likeness (QED) is 0.0282. The first-order valence-electron chi connectivity index (χ1n) is 20.1. The summed E-state index contributed by atoms with van der Waals surface area (Å²) in [6.45, 7) is 3.13. The van der Waals surface area contributed by atoms with Crippen molar-refractivity contribution in [1.82, 2.24) is 37.2 Å². The highest BCUT2D eigenvalue weighted by Crippen LogP contribution is 2.25. The lowest BCUT2D eigenvalue weighted by Gasteiger charge is -2.23. The molecule has 0 saturated heterocycles. The Hall–Kier alpha value is -6.57. The summed E-state index contributed by atoms with van der Waals surface area (Å²) < 4.78 is 10.5. The molecule has 0 radical (unpaired) electrons. The SMILES string of the molecule is NCCOCCOCCNC(=O)CCC(=O)NCCNC(=O)NC(N)=NCCC[C@@H](NC(=O)C(c1ccccc1)c1ccccc1)C(=O)NCc1ccc(CNC(N)=O)cc1. The summed E-state index contributed by atoms with van der Waals surface area (Å²) >= 11 is 0. The lowest BCUT2D eigenvalue weighted by Crippen LogP contribution is -2.48. The number of guanidine groups is 1. The number of primary amides is 1. The first-order chi connectivity index (χ1) is 29.5. The fourth-order valence-electron chi connectivity index (χ4n) is 5.73. The van der Waals surface area contributed by atoms with Crippen LogP contribution in [0.25, 0.3) is 0 Å². The number of hydrogen-bond donors (Lipinski definition) is 10. The molecule has 0 aromatic heterocycles. The van der Waals surface area contributed by atoms with Crippen molar-refractivity contribution in [2.45, 2.75) is 50.7 Å². The van der Waals surface area contributed by atoms with Crippen molar-refractivity contribution in [3.05, 3.63) is 107 Å². The Morgan fingerprint density at radius 2 is 1.15 bits per heavy atom. The molecule has 19 nitrogen and oxygen atoms in total. The summed E-state index contributed by atoms with van der Waals surface area (Å²) in [7, 11) is 0. The van der Waals surface area contributed by atoms with Gasteiger partial charge in [0.15, 0.2) is 5.96 Å². The molecule has 3 aromatic carbocycles. The second kappa shape index (κ2) is 28.8. The largest absolute Gasteiger partial charge is 0.378 e. The lowest BCUT2D eigenvalue weighted by molar-refractivity contribution is -0.129. The summed E-state index contributed by atoms with van der Waals surface area (Å²) in [5, 5.41) is 18.7. The second-order valence-corrected chi connectivity index (χ2v) is 13.6. The smallest absolute Gasteiger partial charge is 0.321 e. The van der Waals surface area contributed by atoms with Crippen molar-refractivity contribution in [3.8, 4) is 0 Å². The van der Waals surface area contributed by atoms with E-state index in [1.54, 1.807) is 0 Å². The molecule has 61 heavy (non-hydrogen) atoms. The topological polar surface area (TPSA) is 296 Å². The first kappa shape index (κ1) is 48.8. The number of hydrogen-bond acceptors (Lipinski definition) is 10. The van der Waals surface area contributed by atoms with Crippen LogP contribution in [-0.2, 0) is 41.7 Å². The number of aliphatic imine (C=N–C) groups is 1. The van der Waals surface area contributed by atoms with Crippen LogP contribution in [0, 0.1) is 0 Å². The molecule has 13 N–H and O–H groups in total. The zero-order valence-corrected chi connectivity index (χ0v) is 34.3. The highest BCUT2D eigenvalue weighted by molar-refractivity contribution is 5.95. The van der Waals surface area contributed by atoms with E-state index in [2.05, 4.69) is 42.2 Å². The normalized spacial score (nSPS) is 11.5. The van der Waals surface area contributed by atoms with Crippen LogP contribution in [0.5, 0.6) is 0 Å². The molecule has 0 aliphatic heterocycles. The molecule has 330 valence electrons. The maximum atomic E-state index is 13.9. The monoisotopic (exact) mass is 845 g/mol. The Balaban J connectivity index is 1.46. The van der Waals surface area contributed by atoms with E-state index in [9.17, 15) is 28.8 Å². The van der Waals surface area contributed by atoms with E-state index in [0.717, 1.165) is 22.3 Å². The summed E-state index contributed by atoms with van der Waals surface area (Å²) in [5.41, 5.74) is 19.6. The standard InChI is InChI=1S/C42H59N11O8/c43-19-24-60-26-27-61-25-23-47-36(55)18-17-35(54)46-21-22-49-42(59)53-40(44)48-20-7-12-34(38(56)50-28-30-13-15-31(16-14-30)29-51-41(45)58)52-39(57)37(32-8-3-1-4-9-32)33-10-5-2-6-11-33/h1-6,8-11,13-16,34,37H,7,12,17-29,43H2,(H,46,54)(H,47,55)(H,50,56)(H,52,57)(H3,45,51,58)(H4,44,48,49,53,59)/t34-/m1/s1. The number of nitrogens with two attached hydrogens (primary N) is 3. The van der Waals surface area contributed by atoms with Gasteiger partial charge in [-0.2, -0.15) is 0 Å². The van der Waals surface area contributed by atoms with Gasteiger partial charge in [-0.1, -0.05) is 84.9 Å². The van der Waals surface area contributed by atoms with E-state index < -0.39 is 29.9 Å². The number of nitrogens with one attached hydrogen (secondary N) is 7. The maximum Gasteiger partial charge on any atom is 0.321 e. The van der Waals surface area contributed by atoms with Gasteiger partial charge in [0.2, 0.25) is 23.6 Å². The zero-order valence-electron chi connectivity index (χ0n) is 34.3. The van der Waals surface area contributed by atoms with Crippen LogP contribution in [0.4, 0.5) is 9.59 Å². The average Bonchev–Trinajstić information content (AvgIpc) is 3.26. The molecular formula is C42H59N11O8. The van der Waals surface area contributed by atoms with Crippen LogP contribution in [0.15, 0.2) is 89.9 Å². The van der Waals surface area contributed by atoms with Gasteiger partial charge in [0.05, 0.1) is 32.3 Å². The molecule has 0 fully saturated rings. The zero-order chi connectivity index (χ0) is 44.1. The minimum absolute atomic E-state index is 0.000470. The van der Waals surface area contributed by atoms with Crippen molar-refractivity contribution in [1.29, 1.82) is 0 Å². The number of rotatable bonds is 27. The third-order valence-electron chi connectivity index (χ3n) is 8.81. The van der Waals surface area contributed by atoms with Crippen LogP contribution >= 0.6 is 0 Å². The molecule has 0 aliphatic rings. The maximum absolute atomic E-state index is 13.9. The van der Waals surface area contributed by atoms with Crippen LogP contribution in [0.2, 0.25) is 0 Å². The average molecular weight is 846 g/mol. The van der Waals surface area contributed by atoms with E-state index in [-0.39, 0.29) is 75.7 Å². The van der Waals surface area contributed by atoms with E-state index in [4.69, 9.17) is 26.7 Å². The highest BCUT2D eigenvalue weighted by atomic mass is 16.5. The van der Waals surface area contributed by atoms with Gasteiger partial charge in [-0.05, 0) is 35.1 Å². The van der Waals surface area contributed by atoms with Crippen LogP contribution in [-0.4, -0.2) is 107 Å². The third kappa shape index (κ3) is 20.8. The second-order valence-electron chi connectivity index (χ2n) is 13.6. The lowest BCUT2D eigenvalue weighted by atomic mass is 9.90. The fourth-order valence-corrected chi connectivity index (χ4v) is 5.73. The molecule has 0 unspecified atom stereocenters. The molecule has 0 spiro atoms. The van der Waals surface area contributed by atoms with Crippen LogP contribution < -0.4 is 54.4 Å². The molecule has 0 saturated carbocycles. The van der Waals surface area contributed by atoms with Gasteiger partial charge in [-0.15, -0.1) is 0 Å². The Morgan fingerprint density at radius 3 is 1.72 bits per heavy atom. The van der Waals surface area contributed by atoms with E-state index in [1.165, 1.54) is 0 Å². The summed E-state index contributed by atoms with van der Waals surface area (Å²) in [6.07, 6.45) is 0.510. The number of amides is 8. The number of nitrogens with zero attached hydrogens (tertiary/aromatic N) is 1. The van der Waals surface area contributed by atoms with Crippen LogP contribution in [0.1, 0.15) is 53.9 Å². The van der Waals surface area contributed by atoms with E-state index in [0.29, 0.717) is 45.9 Å². The van der Waals surface area contributed by atoms with Gasteiger partial charge < -0.3 is 58.6 Å². The highest BCUT2D eigenvalue weighted by Gasteiger charge is 2.27. The van der Waals surface area contributed by atoms with Gasteiger partial charge in [0.25, 0.3) is 0 Å². The number of urea groups is 2. The first-order valence-corrected chi connectivity index (χ1v) is 20.1. The molecule has 1 atom stereocenters. The van der Waals surface area contributed by atoms with E-state index >= 15 is 0 Å². The number of benzene rings is 3. The van der Waals surface area contributed by atoms with Crippen molar-refractivity contribution in [2.75, 3.05) is 59.2 Å². The number of carbonyl (C=O) groups excluding carboxylic acids is 6. The minimum Gasteiger partial charge on any atom is -0.378 e. The minimum atomic E-state index is -0.934. The predicted octanol–water partition coefficient (Wildman–Crippen LogP) is 0.187. The molecule has 0 aliphatic carbocycles. The summed E-state index contributed by atoms with van der Waals surface area (Å²) in [5.74, 6) is -2.23. The van der Waals surface area contributed by atoms with Gasteiger partial charge in [-0.3, -0.25) is 29.5 Å². The fraction of sp³-hybridized carbons (Fsp3) is 0.405. The molecule has 3 rings (SSSR count). The molecule has 8 amide bonds. The number of carbonyl (C=O) groups is 6. The van der Waals surface area contributed by atoms with Crippen molar-refractivity contribution >= 4 is 41.7 Å². The molecule has 19 heteroatoms. The van der Waals surface area contributed by atoms with Crippen molar-refractivity contribution in [3.63, 3.8) is 0 Å². The molecule has 0 bridgehead atoms. The van der Waals surface area contributed by atoms with E-state index in [1.807, 2.05) is 84.9 Å².